The summed E-state index contributed by atoms with van der Waals surface area (Å²) < 4.78 is 0. The van der Waals surface area contributed by atoms with E-state index < -0.39 is 0 Å². The third kappa shape index (κ3) is 2.90. The molecule has 1 fully saturated rings. The smallest absolute Gasteiger partial charge is 0.0705 e. The molecular weight excluding hydrogens is 256 g/mol. The first-order chi connectivity index (χ1) is 9.34. The van der Waals surface area contributed by atoms with Crippen molar-refractivity contribution in [1.82, 2.24) is 10.3 Å². The van der Waals surface area contributed by atoms with Crippen molar-refractivity contribution in [3.05, 3.63) is 41.0 Å². The largest absolute Gasteiger partial charge is 0.317 e. The number of para-hydroxylation sites is 1. The second-order valence-electron chi connectivity index (χ2n) is 5.33. The van der Waals surface area contributed by atoms with Gasteiger partial charge in [-0.15, -0.1) is 0 Å². The molecule has 0 unspecified atom stereocenters. The molecule has 100 valence electrons. The van der Waals surface area contributed by atoms with Crippen LogP contribution in [-0.4, -0.2) is 18.1 Å². The maximum atomic E-state index is 6.35. The highest BCUT2D eigenvalue weighted by molar-refractivity contribution is 6.32. The number of fused-ring (bicyclic) bond motifs is 1. The lowest BCUT2D eigenvalue weighted by Gasteiger charge is -2.22. The van der Waals surface area contributed by atoms with Gasteiger partial charge in [-0.3, -0.25) is 4.98 Å². The van der Waals surface area contributed by atoms with E-state index in [1.54, 1.807) is 6.20 Å². The van der Waals surface area contributed by atoms with Gasteiger partial charge in [0.05, 0.1) is 10.5 Å². The average molecular weight is 275 g/mol. The topological polar surface area (TPSA) is 24.9 Å². The van der Waals surface area contributed by atoms with E-state index in [0.717, 1.165) is 36.0 Å². The maximum Gasteiger partial charge on any atom is 0.0705 e. The predicted octanol–water partition coefficient (Wildman–Crippen LogP) is 3.82. The van der Waals surface area contributed by atoms with Crippen LogP contribution >= 0.6 is 11.6 Å². The molecular formula is C16H19ClN2. The minimum absolute atomic E-state index is 0.813. The molecule has 2 aromatic rings. The lowest BCUT2D eigenvalue weighted by atomic mass is 9.90. The second-order valence-corrected chi connectivity index (χ2v) is 5.74. The molecule has 1 aromatic heterocycles. The van der Waals surface area contributed by atoms with Crippen LogP contribution in [0.1, 0.15) is 24.8 Å². The van der Waals surface area contributed by atoms with E-state index in [2.05, 4.69) is 28.5 Å². The fourth-order valence-corrected chi connectivity index (χ4v) is 3.19. The Bertz CT molecular complexity index is 562. The molecule has 0 aliphatic carbocycles. The number of hydrogen-bond acceptors (Lipinski definition) is 2. The summed E-state index contributed by atoms with van der Waals surface area (Å²) in [5.74, 6) is 0.837. The molecule has 1 aromatic carbocycles. The summed E-state index contributed by atoms with van der Waals surface area (Å²) in [6.45, 7) is 2.32. The lowest BCUT2D eigenvalue weighted by Crippen LogP contribution is -2.27. The number of aromatic nitrogens is 1. The number of nitrogens with one attached hydrogen (secondary N) is 1. The molecule has 0 radical (unpaired) electrons. The van der Waals surface area contributed by atoms with Crippen LogP contribution in [0.25, 0.3) is 10.9 Å². The molecule has 0 atom stereocenters. The van der Waals surface area contributed by atoms with Gasteiger partial charge in [0.1, 0.15) is 0 Å². The Kier molecular flexibility index (Phi) is 4.00. The monoisotopic (exact) mass is 274 g/mol. The molecule has 0 spiro atoms. The van der Waals surface area contributed by atoms with Gasteiger partial charge in [-0.2, -0.15) is 0 Å². The minimum Gasteiger partial charge on any atom is -0.317 e. The SMILES string of the molecule is Clc1cnc2ccccc2c1CCC1CCNCC1. The molecule has 2 heterocycles. The van der Waals surface area contributed by atoms with Gasteiger partial charge in [0.15, 0.2) is 0 Å². The van der Waals surface area contributed by atoms with Crippen molar-refractivity contribution in [2.45, 2.75) is 25.7 Å². The molecule has 19 heavy (non-hydrogen) atoms. The Morgan fingerprint density at radius 2 is 2.00 bits per heavy atom. The van der Waals surface area contributed by atoms with E-state index in [9.17, 15) is 0 Å². The Balaban J connectivity index is 1.81. The van der Waals surface area contributed by atoms with Crippen molar-refractivity contribution in [3.63, 3.8) is 0 Å². The van der Waals surface area contributed by atoms with E-state index in [1.807, 2.05) is 6.07 Å². The first kappa shape index (κ1) is 12.9. The third-order valence-electron chi connectivity index (χ3n) is 4.10. The molecule has 0 bridgehead atoms. The fraction of sp³-hybridized carbons (Fsp3) is 0.438. The van der Waals surface area contributed by atoms with Gasteiger partial charge in [0.2, 0.25) is 0 Å². The van der Waals surface area contributed by atoms with Crippen LogP contribution in [0.4, 0.5) is 0 Å². The van der Waals surface area contributed by atoms with Gasteiger partial charge in [-0.25, -0.2) is 0 Å². The second kappa shape index (κ2) is 5.89. The zero-order chi connectivity index (χ0) is 13.1. The average Bonchev–Trinajstić information content (AvgIpc) is 2.47. The number of piperidine rings is 1. The van der Waals surface area contributed by atoms with Crippen LogP contribution in [0.15, 0.2) is 30.5 Å². The molecule has 0 amide bonds. The van der Waals surface area contributed by atoms with Crippen molar-refractivity contribution in [3.8, 4) is 0 Å². The molecule has 1 aliphatic heterocycles. The normalized spacial score (nSPS) is 16.9. The number of aryl methyl sites for hydroxylation is 1. The van der Waals surface area contributed by atoms with Crippen molar-refractivity contribution in [1.29, 1.82) is 0 Å². The minimum atomic E-state index is 0.813. The van der Waals surface area contributed by atoms with Crippen LogP contribution in [0.3, 0.4) is 0 Å². The van der Waals surface area contributed by atoms with E-state index in [-0.39, 0.29) is 0 Å². The zero-order valence-electron chi connectivity index (χ0n) is 11.0. The zero-order valence-corrected chi connectivity index (χ0v) is 11.8. The Morgan fingerprint density at radius 1 is 1.21 bits per heavy atom. The van der Waals surface area contributed by atoms with Crippen molar-refractivity contribution < 1.29 is 0 Å². The van der Waals surface area contributed by atoms with Crippen molar-refractivity contribution >= 4 is 22.5 Å². The molecule has 3 rings (SSSR count). The first-order valence-corrected chi connectivity index (χ1v) is 7.45. The van der Waals surface area contributed by atoms with Crippen molar-refractivity contribution in [2.75, 3.05) is 13.1 Å². The molecule has 1 N–H and O–H groups in total. The van der Waals surface area contributed by atoms with Crippen LogP contribution in [0.5, 0.6) is 0 Å². The van der Waals surface area contributed by atoms with E-state index in [4.69, 9.17) is 11.6 Å². The summed E-state index contributed by atoms with van der Waals surface area (Å²) >= 11 is 6.35. The number of hydrogen-bond donors (Lipinski definition) is 1. The summed E-state index contributed by atoms with van der Waals surface area (Å²) in [7, 11) is 0. The van der Waals surface area contributed by atoms with Crippen LogP contribution in [0, 0.1) is 5.92 Å². The fourth-order valence-electron chi connectivity index (χ4n) is 2.95. The van der Waals surface area contributed by atoms with Gasteiger partial charge in [0, 0.05) is 11.6 Å². The standard InChI is InChI=1S/C16H19ClN2/c17-15-11-19-16-4-2-1-3-14(16)13(15)6-5-12-7-9-18-10-8-12/h1-4,11-12,18H,5-10H2. The summed E-state index contributed by atoms with van der Waals surface area (Å²) in [6, 6.07) is 8.28. The molecule has 1 saturated heterocycles. The summed E-state index contributed by atoms with van der Waals surface area (Å²) in [5.41, 5.74) is 2.32. The predicted molar refractivity (Wildman–Crippen MR) is 80.7 cm³/mol. The van der Waals surface area contributed by atoms with Crippen LogP contribution in [0.2, 0.25) is 5.02 Å². The molecule has 1 aliphatic rings. The van der Waals surface area contributed by atoms with Gasteiger partial charge >= 0.3 is 0 Å². The molecule has 2 nitrogen and oxygen atoms in total. The first-order valence-electron chi connectivity index (χ1n) is 7.07. The Labute approximate surface area is 119 Å². The van der Waals surface area contributed by atoms with Gasteiger partial charge in [-0.1, -0.05) is 29.8 Å². The quantitative estimate of drug-likeness (QED) is 0.920. The van der Waals surface area contributed by atoms with E-state index in [0.29, 0.717) is 0 Å². The van der Waals surface area contributed by atoms with Crippen LogP contribution < -0.4 is 5.32 Å². The summed E-state index contributed by atoms with van der Waals surface area (Å²) in [5, 5.41) is 5.44. The van der Waals surface area contributed by atoms with Gasteiger partial charge in [0.25, 0.3) is 0 Å². The number of nitrogens with zero attached hydrogens (tertiary/aromatic N) is 1. The highest BCUT2D eigenvalue weighted by Gasteiger charge is 2.14. The molecule has 3 heteroatoms. The number of halogens is 1. The summed E-state index contributed by atoms with van der Waals surface area (Å²) in [4.78, 5) is 4.39. The lowest BCUT2D eigenvalue weighted by molar-refractivity contribution is 0.354. The Hall–Kier alpha value is -1.12. The van der Waals surface area contributed by atoms with Gasteiger partial charge < -0.3 is 5.32 Å². The summed E-state index contributed by atoms with van der Waals surface area (Å²) in [6.07, 6.45) is 6.67. The highest BCUT2D eigenvalue weighted by atomic mass is 35.5. The Morgan fingerprint density at radius 3 is 2.84 bits per heavy atom. The van der Waals surface area contributed by atoms with Crippen LogP contribution in [-0.2, 0) is 6.42 Å². The third-order valence-corrected chi connectivity index (χ3v) is 4.42. The molecule has 0 saturated carbocycles. The number of rotatable bonds is 3. The number of pyridine rings is 1. The maximum absolute atomic E-state index is 6.35. The van der Waals surface area contributed by atoms with E-state index in [1.165, 1.54) is 30.2 Å². The van der Waals surface area contributed by atoms with E-state index >= 15 is 0 Å². The highest BCUT2D eigenvalue weighted by Crippen LogP contribution is 2.28. The van der Waals surface area contributed by atoms with Gasteiger partial charge in [-0.05, 0) is 56.3 Å². The number of benzene rings is 1. The van der Waals surface area contributed by atoms with Crippen molar-refractivity contribution in [2.24, 2.45) is 5.92 Å².